The van der Waals surface area contributed by atoms with Gasteiger partial charge >= 0.3 is 5.91 Å². The number of carbonyl (C=O) groups excluding carboxylic acids is 2. The maximum atomic E-state index is 13.7. The Morgan fingerprint density at radius 1 is 0.978 bits per heavy atom. The number of nitrogens with zero attached hydrogens (tertiary/aromatic N) is 3. The van der Waals surface area contributed by atoms with Crippen LogP contribution in [0, 0.1) is 0 Å². The molecule has 2 aliphatic heterocycles. The molecule has 2 aliphatic rings. The summed E-state index contributed by atoms with van der Waals surface area (Å²) in [6.45, 7) is 3.10. The third-order valence-electron chi connectivity index (χ3n) is 7.58. The first-order chi connectivity index (χ1) is 22.0. The number of hydrogen-bond donors (Lipinski definition) is 1. The zero-order chi connectivity index (χ0) is 30.9. The van der Waals surface area contributed by atoms with E-state index in [9.17, 15) is 14.7 Å². The van der Waals surface area contributed by atoms with E-state index >= 15 is 0 Å². The molecule has 1 fully saturated rings. The average molecular weight is 638 g/mol. The number of carbonyl (C=O) groups is 2. The van der Waals surface area contributed by atoms with Crippen LogP contribution in [-0.4, -0.2) is 46.8 Å². The molecule has 0 aliphatic carbocycles. The third kappa shape index (κ3) is 5.49. The molecular weight excluding hydrogens is 611 g/mol. The lowest BCUT2D eigenvalue weighted by atomic mass is 9.95. The zero-order valence-corrected chi connectivity index (χ0v) is 25.8. The Hall–Kier alpha value is -4.87. The number of rotatable bonds is 8. The molecule has 226 valence electrons. The van der Waals surface area contributed by atoms with E-state index in [0.717, 1.165) is 16.3 Å². The number of aliphatic hydroxyl groups is 1. The Balaban J connectivity index is 1.26. The Labute approximate surface area is 267 Å². The second-order valence-electron chi connectivity index (χ2n) is 10.3. The largest absolute Gasteiger partial charge is 0.507 e. The van der Waals surface area contributed by atoms with E-state index in [1.54, 1.807) is 42.5 Å². The summed E-state index contributed by atoms with van der Waals surface area (Å²) in [6, 6.07) is 25.5. The van der Waals surface area contributed by atoms with Crippen molar-refractivity contribution >= 4 is 56.5 Å². The summed E-state index contributed by atoms with van der Waals surface area (Å²) >= 11 is 2.73. The first kappa shape index (κ1) is 28.9. The van der Waals surface area contributed by atoms with Gasteiger partial charge in [0.05, 0.1) is 18.2 Å². The van der Waals surface area contributed by atoms with Gasteiger partial charge in [-0.1, -0.05) is 77.7 Å². The van der Waals surface area contributed by atoms with E-state index in [2.05, 4.69) is 34.5 Å². The minimum Gasteiger partial charge on any atom is -0.507 e. The molecule has 1 aromatic heterocycles. The standard InChI is InChI=1S/C34H27N3O6S2/c1-2-41-24-11-6-9-21(17-24)29-28(30(38)22-13-14-26-27(18-22)43-16-15-42-26)31(39)32(40)37(29)33-35-36-34(45-33)44-19-23-10-5-8-20-7-3-4-12-25(20)23/h3-14,17-18,29,38H,2,15-16,19H2,1H3/b30-28+/t29-/m0/s1. The van der Waals surface area contributed by atoms with Gasteiger partial charge in [-0.05, 0) is 59.2 Å². The van der Waals surface area contributed by atoms with Gasteiger partial charge in [-0.2, -0.15) is 0 Å². The van der Waals surface area contributed by atoms with Crippen LogP contribution in [0.1, 0.15) is 29.7 Å². The smallest absolute Gasteiger partial charge is 0.301 e. The second kappa shape index (κ2) is 12.3. The van der Waals surface area contributed by atoms with Crippen molar-refractivity contribution in [3.05, 3.63) is 107 Å². The van der Waals surface area contributed by atoms with Crippen molar-refractivity contribution in [1.82, 2.24) is 10.2 Å². The summed E-state index contributed by atoms with van der Waals surface area (Å²) in [5.74, 6) is 0.266. The first-order valence-electron chi connectivity index (χ1n) is 14.4. The first-order valence-corrected chi connectivity index (χ1v) is 16.2. The average Bonchev–Trinajstić information content (AvgIpc) is 3.65. The topological polar surface area (TPSA) is 111 Å². The van der Waals surface area contributed by atoms with Crippen molar-refractivity contribution < 1.29 is 28.9 Å². The minimum atomic E-state index is -0.970. The lowest BCUT2D eigenvalue weighted by molar-refractivity contribution is -0.132. The number of hydrogen-bond acceptors (Lipinski definition) is 10. The molecule has 7 rings (SSSR count). The fourth-order valence-electron chi connectivity index (χ4n) is 5.55. The highest BCUT2D eigenvalue weighted by Gasteiger charge is 2.48. The number of ether oxygens (including phenoxy) is 3. The predicted molar refractivity (Wildman–Crippen MR) is 173 cm³/mol. The maximum absolute atomic E-state index is 13.7. The summed E-state index contributed by atoms with van der Waals surface area (Å²) in [7, 11) is 0. The number of thioether (sulfide) groups is 1. The summed E-state index contributed by atoms with van der Waals surface area (Å²) in [5, 5.41) is 22.9. The van der Waals surface area contributed by atoms with Gasteiger partial charge in [-0.3, -0.25) is 14.5 Å². The number of Topliss-reactive ketones (excluding diaryl/α,β-unsaturated/α-hetero) is 1. The summed E-state index contributed by atoms with van der Waals surface area (Å²) in [5.41, 5.74) is 2.00. The van der Waals surface area contributed by atoms with E-state index in [4.69, 9.17) is 14.2 Å². The molecular formula is C34H27N3O6S2. The van der Waals surface area contributed by atoms with Crippen molar-refractivity contribution in [3.63, 3.8) is 0 Å². The highest BCUT2D eigenvalue weighted by Crippen LogP contribution is 2.45. The van der Waals surface area contributed by atoms with E-state index < -0.39 is 17.7 Å². The Morgan fingerprint density at radius 2 is 1.78 bits per heavy atom. The van der Waals surface area contributed by atoms with E-state index in [1.165, 1.54) is 28.0 Å². The molecule has 1 amide bonds. The van der Waals surface area contributed by atoms with Crippen LogP contribution in [0.25, 0.3) is 16.5 Å². The molecule has 5 aromatic rings. The number of aliphatic hydroxyl groups excluding tert-OH is 1. The van der Waals surface area contributed by atoms with Crippen molar-refractivity contribution in [1.29, 1.82) is 0 Å². The lowest BCUT2D eigenvalue weighted by Gasteiger charge is -2.23. The second-order valence-corrected chi connectivity index (χ2v) is 12.5. The number of benzene rings is 4. The SMILES string of the molecule is CCOc1cccc([C@H]2/C(=C(\O)c3ccc4c(c3)OCCO4)C(=O)C(=O)N2c2nnc(SCc3cccc4ccccc34)s2)c1. The lowest BCUT2D eigenvalue weighted by Crippen LogP contribution is -2.29. The summed E-state index contributed by atoms with van der Waals surface area (Å²) in [6.07, 6.45) is 0. The monoisotopic (exact) mass is 637 g/mol. The van der Waals surface area contributed by atoms with Gasteiger partial charge in [0.2, 0.25) is 5.13 Å². The fourth-order valence-corrected chi connectivity index (χ4v) is 7.42. The summed E-state index contributed by atoms with van der Waals surface area (Å²) in [4.78, 5) is 28.7. The highest BCUT2D eigenvalue weighted by atomic mass is 32.2. The van der Waals surface area contributed by atoms with Crippen LogP contribution >= 0.6 is 23.1 Å². The van der Waals surface area contributed by atoms with Gasteiger partial charge in [0.1, 0.15) is 24.7 Å². The van der Waals surface area contributed by atoms with Crippen LogP contribution in [-0.2, 0) is 15.3 Å². The van der Waals surface area contributed by atoms with Crippen LogP contribution in [0.5, 0.6) is 17.2 Å². The van der Waals surface area contributed by atoms with Crippen LogP contribution in [0.2, 0.25) is 0 Å². The predicted octanol–water partition coefficient (Wildman–Crippen LogP) is 6.78. The molecule has 3 heterocycles. The van der Waals surface area contributed by atoms with Gasteiger partial charge in [0.15, 0.2) is 15.8 Å². The van der Waals surface area contributed by atoms with Gasteiger partial charge in [-0.25, -0.2) is 0 Å². The minimum absolute atomic E-state index is 0.0644. The van der Waals surface area contributed by atoms with Crippen molar-refractivity contribution in [2.24, 2.45) is 0 Å². The number of aromatic nitrogens is 2. The molecule has 9 nitrogen and oxygen atoms in total. The Kier molecular flexibility index (Phi) is 7.86. The quantitative estimate of drug-likeness (QED) is 0.0647. The van der Waals surface area contributed by atoms with Gasteiger partial charge in [0, 0.05) is 11.3 Å². The molecule has 0 bridgehead atoms. The maximum Gasteiger partial charge on any atom is 0.301 e. The van der Waals surface area contributed by atoms with Gasteiger partial charge in [0.25, 0.3) is 5.78 Å². The molecule has 45 heavy (non-hydrogen) atoms. The molecule has 0 unspecified atom stereocenters. The summed E-state index contributed by atoms with van der Waals surface area (Å²) < 4.78 is 17.7. The number of ketones is 1. The van der Waals surface area contributed by atoms with Crippen LogP contribution in [0.15, 0.2) is 94.8 Å². The van der Waals surface area contributed by atoms with Gasteiger partial charge in [-0.15, -0.1) is 10.2 Å². The van der Waals surface area contributed by atoms with Crippen LogP contribution in [0.3, 0.4) is 0 Å². The van der Waals surface area contributed by atoms with Crippen LogP contribution < -0.4 is 19.1 Å². The molecule has 1 atom stereocenters. The third-order valence-corrected chi connectivity index (χ3v) is 9.68. The Morgan fingerprint density at radius 3 is 2.64 bits per heavy atom. The molecule has 0 spiro atoms. The normalized spacial score (nSPS) is 17.2. The number of fused-ring (bicyclic) bond motifs is 2. The molecule has 11 heteroatoms. The van der Waals surface area contributed by atoms with E-state index in [1.807, 2.05) is 25.1 Å². The van der Waals surface area contributed by atoms with Crippen molar-refractivity contribution in [3.8, 4) is 17.2 Å². The highest BCUT2D eigenvalue weighted by molar-refractivity contribution is 8.00. The van der Waals surface area contributed by atoms with E-state index in [0.29, 0.717) is 58.3 Å². The van der Waals surface area contributed by atoms with Crippen LogP contribution in [0.4, 0.5) is 5.13 Å². The number of anilines is 1. The fraction of sp³-hybridized carbons (Fsp3) is 0.176. The van der Waals surface area contributed by atoms with Crippen molar-refractivity contribution in [2.45, 2.75) is 23.1 Å². The number of amides is 1. The Bertz CT molecular complexity index is 1970. The molecule has 0 saturated carbocycles. The molecule has 0 radical (unpaired) electrons. The molecule has 1 N–H and O–H groups in total. The van der Waals surface area contributed by atoms with E-state index in [-0.39, 0.29) is 16.5 Å². The van der Waals surface area contributed by atoms with Gasteiger partial charge < -0.3 is 19.3 Å². The zero-order valence-electron chi connectivity index (χ0n) is 24.1. The van der Waals surface area contributed by atoms with Crippen molar-refractivity contribution in [2.75, 3.05) is 24.7 Å². The molecule has 4 aromatic carbocycles. The molecule has 1 saturated heterocycles.